The SMILES string of the molecule is CCCNCC(O)Cn1nc(CC)c([N+](=O)[O-])c1CC. The van der Waals surface area contributed by atoms with Crippen molar-refractivity contribution in [2.24, 2.45) is 0 Å². The number of aromatic nitrogens is 2. The minimum absolute atomic E-state index is 0.101. The number of hydrogen-bond acceptors (Lipinski definition) is 5. The van der Waals surface area contributed by atoms with Crippen LogP contribution in [0.5, 0.6) is 0 Å². The molecule has 0 radical (unpaired) electrons. The summed E-state index contributed by atoms with van der Waals surface area (Å²) in [6, 6.07) is 0. The molecule has 1 unspecified atom stereocenters. The largest absolute Gasteiger partial charge is 0.390 e. The molecule has 114 valence electrons. The van der Waals surface area contributed by atoms with E-state index in [1.54, 1.807) is 4.68 Å². The first kappa shape index (κ1) is 16.6. The van der Waals surface area contributed by atoms with Crippen LogP contribution in [0.4, 0.5) is 5.69 Å². The predicted molar refractivity (Wildman–Crippen MR) is 76.8 cm³/mol. The van der Waals surface area contributed by atoms with Gasteiger partial charge in [0, 0.05) is 6.54 Å². The van der Waals surface area contributed by atoms with Crippen molar-refractivity contribution >= 4 is 5.69 Å². The first-order valence-electron chi connectivity index (χ1n) is 7.16. The maximum Gasteiger partial charge on any atom is 0.313 e. The molecule has 7 heteroatoms. The highest BCUT2D eigenvalue weighted by atomic mass is 16.6. The standard InChI is InChI=1S/C13H24N4O3/c1-4-7-14-8-10(18)9-16-12(6-3)13(17(19)20)11(5-2)15-16/h10,14,18H,4-9H2,1-3H3. The van der Waals surface area contributed by atoms with Crippen LogP contribution in [0.25, 0.3) is 0 Å². The van der Waals surface area contributed by atoms with Gasteiger partial charge in [-0.15, -0.1) is 0 Å². The fourth-order valence-electron chi connectivity index (χ4n) is 2.20. The maximum atomic E-state index is 11.1. The molecule has 0 aromatic carbocycles. The van der Waals surface area contributed by atoms with Crippen LogP contribution in [0, 0.1) is 10.1 Å². The van der Waals surface area contributed by atoms with Crippen LogP contribution in [0.2, 0.25) is 0 Å². The molecule has 0 amide bonds. The summed E-state index contributed by atoms with van der Waals surface area (Å²) in [4.78, 5) is 10.8. The van der Waals surface area contributed by atoms with Crippen molar-refractivity contribution in [3.8, 4) is 0 Å². The van der Waals surface area contributed by atoms with Gasteiger partial charge < -0.3 is 10.4 Å². The van der Waals surface area contributed by atoms with Gasteiger partial charge in [0.05, 0.1) is 17.6 Å². The number of aryl methyl sites for hydroxylation is 1. The quantitative estimate of drug-likeness (QED) is 0.405. The molecule has 1 atom stereocenters. The Labute approximate surface area is 119 Å². The van der Waals surface area contributed by atoms with Crippen molar-refractivity contribution in [3.63, 3.8) is 0 Å². The second-order valence-corrected chi connectivity index (χ2v) is 4.75. The smallest absolute Gasteiger partial charge is 0.313 e. The van der Waals surface area contributed by atoms with E-state index in [1.165, 1.54) is 0 Å². The number of rotatable bonds is 9. The van der Waals surface area contributed by atoms with Gasteiger partial charge in [0.25, 0.3) is 0 Å². The van der Waals surface area contributed by atoms with E-state index in [1.807, 2.05) is 13.8 Å². The molecule has 0 saturated heterocycles. The number of nitrogens with one attached hydrogen (secondary N) is 1. The first-order valence-corrected chi connectivity index (χ1v) is 7.16. The lowest BCUT2D eigenvalue weighted by molar-refractivity contribution is -0.386. The van der Waals surface area contributed by atoms with Crippen molar-refractivity contribution in [1.29, 1.82) is 0 Å². The zero-order chi connectivity index (χ0) is 15.1. The lowest BCUT2D eigenvalue weighted by Gasteiger charge is -2.12. The molecule has 0 saturated carbocycles. The Balaban J connectivity index is 2.86. The number of aliphatic hydroxyl groups excluding tert-OH is 1. The molecule has 20 heavy (non-hydrogen) atoms. The van der Waals surface area contributed by atoms with Gasteiger partial charge in [0.1, 0.15) is 11.4 Å². The summed E-state index contributed by atoms with van der Waals surface area (Å²) >= 11 is 0. The van der Waals surface area contributed by atoms with Crippen molar-refractivity contribution < 1.29 is 10.0 Å². The molecule has 1 heterocycles. The second-order valence-electron chi connectivity index (χ2n) is 4.75. The van der Waals surface area contributed by atoms with E-state index in [9.17, 15) is 15.2 Å². The predicted octanol–water partition coefficient (Wildman–Crippen LogP) is 1.28. The van der Waals surface area contributed by atoms with Gasteiger partial charge in [0.15, 0.2) is 0 Å². The monoisotopic (exact) mass is 284 g/mol. The summed E-state index contributed by atoms with van der Waals surface area (Å²) in [5, 5.41) is 28.5. The molecule has 0 aliphatic carbocycles. The summed E-state index contributed by atoms with van der Waals surface area (Å²) in [5.74, 6) is 0. The van der Waals surface area contributed by atoms with E-state index in [2.05, 4.69) is 17.3 Å². The molecule has 1 rings (SSSR count). The third kappa shape index (κ3) is 4.01. The van der Waals surface area contributed by atoms with Gasteiger partial charge in [-0.1, -0.05) is 20.8 Å². The van der Waals surface area contributed by atoms with Gasteiger partial charge in [-0.3, -0.25) is 14.8 Å². The van der Waals surface area contributed by atoms with E-state index in [-0.39, 0.29) is 17.2 Å². The number of aliphatic hydroxyl groups is 1. The lowest BCUT2D eigenvalue weighted by Crippen LogP contribution is -2.31. The molecule has 7 nitrogen and oxygen atoms in total. The minimum Gasteiger partial charge on any atom is -0.390 e. The first-order chi connectivity index (χ1) is 9.54. The summed E-state index contributed by atoms with van der Waals surface area (Å²) in [6.07, 6.45) is 1.44. The highest BCUT2D eigenvalue weighted by Crippen LogP contribution is 2.24. The van der Waals surface area contributed by atoms with E-state index in [4.69, 9.17) is 0 Å². The summed E-state index contributed by atoms with van der Waals surface area (Å²) in [6.45, 7) is 7.35. The molecular formula is C13H24N4O3. The number of hydrogen-bond donors (Lipinski definition) is 2. The minimum atomic E-state index is -0.601. The molecule has 1 aromatic rings. The molecule has 1 aromatic heterocycles. The highest BCUT2D eigenvalue weighted by molar-refractivity contribution is 5.41. The van der Waals surface area contributed by atoms with Gasteiger partial charge in [-0.2, -0.15) is 5.10 Å². The average Bonchev–Trinajstić information content (AvgIpc) is 2.76. The van der Waals surface area contributed by atoms with Crippen LogP contribution >= 0.6 is 0 Å². The average molecular weight is 284 g/mol. The van der Waals surface area contributed by atoms with Gasteiger partial charge in [-0.25, -0.2) is 0 Å². The van der Waals surface area contributed by atoms with E-state index >= 15 is 0 Å². The fraction of sp³-hybridized carbons (Fsp3) is 0.769. The van der Waals surface area contributed by atoms with Crippen molar-refractivity contribution in [1.82, 2.24) is 15.1 Å². The maximum absolute atomic E-state index is 11.1. The van der Waals surface area contributed by atoms with E-state index in [0.717, 1.165) is 13.0 Å². The third-order valence-electron chi connectivity index (χ3n) is 3.14. The fourth-order valence-corrected chi connectivity index (χ4v) is 2.20. The number of nitrogens with zero attached hydrogens (tertiary/aromatic N) is 3. The zero-order valence-corrected chi connectivity index (χ0v) is 12.4. The van der Waals surface area contributed by atoms with Crippen molar-refractivity contribution in [3.05, 3.63) is 21.5 Å². The summed E-state index contributed by atoms with van der Waals surface area (Å²) in [7, 11) is 0. The van der Waals surface area contributed by atoms with Crippen LogP contribution in [-0.2, 0) is 19.4 Å². The molecule has 0 spiro atoms. The van der Waals surface area contributed by atoms with Gasteiger partial charge in [0.2, 0.25) is 0 Å². The Morgan fingerprint density at radius 3 is 2.60 bits per heavy atom. The topological polar surface area (TPSA) is 93.2 Å². The molecule has 0 aliphatic heterocycles. The van der Waals surface area contributed by atoms with E-state index in [0.29, 0.717) is 30.8 Å². The third-order valence-corrected chi connectivity index (χ3v) is 3.14. The van der Waals surface area contributed by atoms with Crippen LogP contribution < -0.4 is 5.32 Å². The van der Waals surface area contributed by atoms with Crippen LogP contribution in [0.1, 0.15) is 38.6 Å². The van der Waals surface area contributed by atoms with Crippen LogP contribution in [-0.4, -0.2) is 39.0 Å². The molecule has 2 N–H and O–H groups in total. The molecular weight excluding hydrogens is 260 g/mol. The van der Waals surface area contributed by atoms with E-state index < -0.39 is 6.10 Å². The van der Waals surface area contributed by atoms with Crippen molar-refractivity contribution in [2.45, 2.75) is 52.7 Å². The second kappa shape index (κ2) is 7.96. The van der Waals surface area contributed by atoms with Gasteiger partial charge in [-0.05, 0) is 25.8 Å². The Bertz CT molecular complexity index is 445. The Morgan fingerprint density at radius 1 is 1.40 bits per heavy atom. The lowest BCUT2D eigenvalue weighted by atomic mass is 10.2. The summed E-state index contributed by atoms with van der Waals surface area (Å²) in [5.41, 5.74) is 1.17. The molecule has 0 fully saturated rings. The number of nitro groups is 1. The Morgan fingerprint density at radius 2 is 2.10 bits per heavy atom. The van der Waals surface area contributed by atoms with Crippen molar-refractivity contribution in [2.75, 3.05) is 13.1 Å². The molecule has 0 bridgehead atoms. The molecule has 0 aliphatic rings. The zero-order valence-electron chi connectivity index (χ0n) is 12.4. The normalized spacial score (nSPS) is 12.6. The summed E-state index contributed by atoms with van der Waals surface area (Å²) < 4.78 is 1.58. The highest BCUT2D eigenvalue weighted by Gasteiger charge is 2.26. The van der Waals surface area contributed by atoms with Crippen LogP contribution in [0.3, 0.4) is 0 Å². The Kier molecular flexibility index (Phi) is 6.60. The van der Waals surface area contributed by atoms with Gasteiger partial charge >= 0.3 is 5.69 Å². The Hall–Kier alpha value is -1.47. The van der Waals surface area contributed by atoms with Crippen LogP contribution in [0.15, 0.2) is 0 Å².